The second-order valence-electron chi connectivity index (χ2n) is 9.69. The molecule has 1 aromatic rings. The molecule has 0 aromatic heterocycles. The first-order valence-electron chi connectivity index (χ1n) is 10.3. The number of benzene rings is 1. The SMILES string of the molecule is CC(=O)NO[As](=O)(OO)c1ccccc1.CC12CC3CC(C1)CC(C)(C3)C2.O=S(=O)(O)O. The minimum Gasteiger partial charge on any atom is -0.264 e. The molecule has 0 spiro atoms. The van der Waals surface area contributed by atoms with Gasteiger partial charge in [0.05, 0.1) is 0 Å². The first-order valence-corrected chi connectivity index (χ1v) is 14.9. The summed E-state index contributed by atoms with van der Waals surface area (Å²) in [6.45, 7) is 6.27. The standard InChI is InChI=1S/C12H20.C8H10AsNO5.H2O4S/c1-11-4-9-3-10(5-11)7-12(2,6-9)8-11;1-7(11)10-14-9(12,15-13)8-5-3-2-4-6-8;1-5(2,3)4/h9-10H,3-8H2,1-2H3;2-6,13H,1H3,(H,10,11);(H2,1,2,3,4). The van der Waals surface area contributed by atoms with Gasteiger partial charge in [0.25, 0.3) is 0 Å². The third-order valence-corrected chi connectivity index (χ3v) is 9.23. The van der Waals surface area contributed by atoms with Crippen LogP contribution in [-0.2, 0) is 26.6 Å². The van der Waals surface area contributed by atoms with Gasteiger partial charge in [0, 0.05) is 0 Å². The van der Waals surface area contributed by atoms with Crippen molar-refractivity contribution in [3.63, 3.8) is 0 Å². The Labute approximate surface area is 191 Å². The predicted octanol–water partition coefficient (Wildman–Crippen LogP) is 2.78. The maximum Gasteiger partial charge on any atom is 0.394 e. The molecule has 0 saturated heterocycles. The van der Waals surface area contributed by atoms with E-state index < -0.39 is 30.5 Å². The van der Waals surface area contributed by atoms with Crippen molar-refractivity contribution in [1.82, 2.24) is 5.48 Å². The van der Waals surface area contributed by atoms with E-state index >= 15 is 0 Å². The van der Waals surface area contributed by atoms with Crippen molar-refractivity contribution in [3.8, 4) is 0 Å². The molecule has 5 rings (SSSR count). The molecule has 10 nitrogen and oxygen atoms in total. The summed E-state index contributed by atoms with van der Waals surface area (Å²) in [6.07, 6.45) is 9.33. The summed E-state index contributed by atoms with van der Waals surface area (Å²) in [5, 5.41) is 8.54. The van der Waals surface area contributed by atoms with Gasteiger partial charge in [-0.2, -0.15) is 8.42 Å². The molecule has 4 saturated carbocycles. The molecule has 0 heterocycles. The van der Waals surface area contributed by atoms with Crippen LogP contribution in [0.3, 0.4) is 0 Å². The number of hydrogen-bond acceptors (Lipinski definition) is 7. The molecule has 4 aliphatic rings. The summed E-state index contributed by atoms with van der Waals surface area (Å²) in [4.78, 5) is 10.6. The zero-order chi connectivity index (χ0) is 24.2. The van der Waals surface area contributed by atoms with E-state index in [2.05, 4.69) is 21.6 Å². The summed E-state index contributed by atoms with van der Waals surface area (Å²) in [7, 11) is -4.67. The van der Waals surface area contributed by atoms with Crippen LogP contribution in [0.4, 0.5) is 0 Å². The van der Waals surface area contributed by atoms with Crippen LogP contribution in [0.15, 0.2) is 30.3 Å². The van der Waals surface area contributed by atoms with Gasteiger partial charge in [-0.1, -0.05) is 13.8 Å². The van der Waals surface area contributed by atoms with Crippen molar-refractivity contribution in [3.05, 3.63) is 30.3 Å². The van der Waals surface area contributed by atoms with E-state index in [1.807, 2.05) is 5.48 Å². The Kier molecular flexibility index (Phi) is 8.77. The molecular weight excluding hydrogens is 505 g/mol. The molecule has 1 aromatic carbocycles. The molecule has 4 bridgehead atoms. The van der Waals surface area contributed by atoms with Gasteiger partial charge in [-0.25, -0.2) is 0 Å². The maximum atomic E-state index is 11.8. The third kappa shape index (κ3) is 8.29. The molecular formula is C20H32AsNO9S. The Morgan fingerprint density at radius 3 is 1.84 bits per heavy atom. The number of carbonyl (C=O) groups excluding carboxylic acids is 1. The summed E-state index contributed by atoms with van der Waals surface area (Å²) in [5.74, 6) is 1.69. The average Bonchev–Trinajstić information content (AvgIpc) is 2.63. The fourth-order valence-corrected chi connectivity index (χ4v) is 8.21. The normalized spacial score (nSPS) is 31.9. The number of nitrogens with one attached hydrogen (secondary N) is 1. The molecule has 4 aliphatic carbocycles. The van der Waals surface area contributed by atoms with E-state index in [9.17, 15) is 8.53 Å². The van der Waals surface area contributed by atoms with Gasteiger partial charge in [-0.3, -0.25) is 9.11 Å². The first kappa shape index (κ1) is 27.0. The maximum absolute atomic E-state index is 11.8. The Hall–Kier alpha value is -1.20. The quantitative estimate of drug-likeness (QED) is 0.196. The van der Waals surface area contributed by atoms with Crippen LogP contribution in [0.25, 0.3) is 0 Å². The topological polar surface area (TPSA) is 159 Å². The average molecular weight is 537 g/mol. The Balaban J connectivity index is 0.000000190. The van der Waals surface area contributed by atoms with Gasteiger partial charge in [-0.05, 0) is 61.2 Å². The van der Waals surface area contributed by atoms with Crippen molar-refractivity contribution in [1.29, 1.82) is 0 Å². The smallest absolute Gasteiger partial charge is 0.264 e. The minimum atomic E-state index is -4.67. The van der Waals surface area contributed by atoms with Crippen molar-refractivity contribution in [2.45, 2.75) is 59.3 Å². The van der Waals surface area contributed by atoms with Crippen LogP contribution < -0.4 is 9.83 Å². The fourth-order valence-electron chi connectivity index (χ4n) is 6.07. The van der Waals surface area contributed by atoms with E-state index in [0.717, 1.165) is 22.7 Å². The van der Waals surface area contributed by atoms with Gasteiger partial charge in [0.2, 0.25) is 0 Å². The van der Waals surface area contributed by atoms with Crippen LogP contribution >= 0.6 is 0 Å². The van der Waals surface area contributed by atoms with Gasteiger partial charge >= 0.3 is 99.1 Å². The van der Waals surface area contributed by atoms with Crippen molar-refractivity contribution >= 4 is 34.8 Å². The van der Waals surface area contributed by atoms with Crippen LogP contribution in [0.1, 0.15) is 59.3 Å². The molecule has 1 amide bonds. The predicted molar refractivity (Wildman–Crippen MR) is 116 cm³/mol. The molecule has 4 N–H and O–H groups in total. The third-order valence-electron chi connectivity index (χ3n) is 6.14. The summed E-state index contributed by atoms with van der Waals surface area (Å²) in [5.41, 5.74) is 3.40. The molecule has 0 aliphatic heterocycles. The van der Waals surface area contributed by atoms with Crippen molar-refractivity contribution in [2.24, 2.45) is 22.7 Å². The molecule has 0 radical (unpaired) electrons. The second-order valence-corrected chi connectivity index (χ2v) is 14.5. The largest absolute Gasteiger partial charge is 0.394 e. The summed E-state index contributed by atoms with van der Waals surface area (Å²) >= 11 is -4.55. The Morgan fingerprint density at radius 1 is 1.06 bits per heavy atom. The monoisotopic (exact) mass is 537 g/mol. The van der Waals surface area contributed by atoms with Gasteiger partial charge < -0.3 is 0 Å². The van der Waals surface area contributed by atoms with Gasteiger partial charge in [0.1, 0.15) is 0 Å². The second kappa shape index (κ2) is 10.4. The zero-order valence-corrected chi connectivity index (χ0v) is 21.1. The van der Waals surface area contributed by atoms with Crippen molar-refractivity contribution in [2.75, 3.05) is 0 Å². The molecule has 32 heavy (non-hydrogen) atoms. The van der Waals surface area contributed by atoms with Crippen LogP contribution in [0.2, 0.25) is 0 Å². The van der Waals surface area contributed by atoms with E-state index in [1.165, 1.54) is 25.5 Å². The van der Waals surface area contributed by atoms with Gasteiger partial charge in [0.15, 0.2) is 0 Å². The summed E-state index contributed by atoms with van der Waals surface area (Å²) in [6, 6.07) is 7.87. The van der Waals surface area contributed by atoms with Crippen LogP contribution in [0.5, 0.6) is 0 Å². The first-order chi connectivity index (χ1) is 14.7. The fraction of sp³-hybridized carbons (Fsp3) is 0.650. The van der Waals surface area contributed by atoms with E-state index in [-0.39, 0.29) is 4.35 Å². The molecule has 1 atom stereocenters. The molecule has 182 valence electrons. The van der Waals surface area contributed by atoms with Crippen LogP contribution in [-0.4, -0.2) is 42.9 Å². The molecule has 4 fully saturated rings. The Bertz CT molecular complexity index is 896. The molecule has 1 unspecified atom stereocenters. The van der Waals surface area contributed by atoms with Crippen LogP contribution in [0, 0.1) is 22.7 Å². The van der Waals surface area contributed by atoms with Crippen molar-refractivity contribution < 1.29 is 39.0 Å². The zero-order valence-electron chi connectivity index (χ0n) is 18.4. The van der Waals surface area contributed by atoms with E-state index in [4.69, 9.17) is 22.8 Å². The Morgan fingerprint density at radius 2 is 1.50 bits per heavy atom. The minimum absolute atomic E-state index is 0.201. The van der Waals surface area contributed by atoms with E-state index in [0.29, 0.717) is 0 Å². The number of hydroxylamine groups is 1. The van der Waals surface area contributed by atoms with E-state index in [1.54, 1.807) is 50.3 Å². The number of hydrogen-bond donors (Lipinski definition) is 4. The molecule has 12 heteroatoms. The number of rotatable bonds is 4. The van der Waals surface area contributed by atoms with Gasteiger partial charge in [-0.15, -0.1) is 0 Å². The summed E-state index contributed by atoms with van der Waals surface area (Å²) < 4.78 is 52.0. The number of amides is 1. The number of carbonyl (C=O) groups is 1.